The lowest BCUT2D eigenvalue weighted by molar-refractivity contribution is 0.161. The Bertz CT molecular complexity index is 320. The zero-order chi connectivity index (χ0) is 11.4. The van der Waals surface area contributed by atoms with Gasteiger partial charge in [0.05, 0.1) is 0 Å². The van der Waals surface area contributed by atoms with Crippen molar-refractivity contribution in [1.82, 2.24) is 25.0 Å². The number of aromatic amines is 1. The van der Waals surface area contributed by atoms with Crippen LogP contribution >= 0.6 is 11.8 Å². The quantitative estimate of drug-likeness (QED) is 0.708. The Morgan fingerprint density at radius 2 is 2.12 bits per heavy atom. The highest BCUT2D eigenvalue weighted by atomic mass is 32.2. The third-order valence-corrected chi connectivity index (χ3v) is 3.54. The van der Waals surface area contributed by atoms with Gasteiger partial charge in [0.15, 0.2) is 0 Å². The number of nitrogen functional groups attached to an aromatic ring is 1. The molecule has 1 aliphatic rings. The molecular formula is C9H18N6S. The number of thioether (sulfide) groups is 1. The maximum absolute atomic E-state index is 5.45. The Labute approximate surface area is 99.6 Å². The van der Waals surface area contributed by atoms with Gasteiger partial charge in [0.25, 0.3) is 0 Å². The van der Waals surface area contributed by atoms with E-state index in [1.165, 1.54) is 0 Å². The Morgan fingerprint density at radius 1 is 1.38 bits per heavy atom. The summed E-state index contributed by atoms with van der Waals surface area (Å²) in [6.07, 6.45) is 0. The molecule has 7 heteroatoms. The molecule has 0 bridgehead atoms. The van der Waals surface area contributed by atoms with Crippen LogP contribution in [0.2, 0.25) is 0 Å². The van der Waals surface area contributed by atoms with Gasteiger partial charge in [-0.05, 0) is 7.05 Å². The Balaban J connectivity index is 1.64. The number of piperazine rings is 1. The summed E-state index contributed by atoms with van der Waals surface area (Å²) in [5, 5.41) is 7.37. The smallest absolute Gasteiger partial charge is 0.216 e. The third kappa shape index (κ3) is 3.36. The standard InChI is InChI=1S/C9H18N6S/c1-14-2-4-15(5-3-14)6-7-16-9-11-8(10)12-13-9/h2-7H2,1H3,(H3,10,11,12,13). The van der Waals surface area contributed by atoms with Gasteiger partial charge in [0, 0.05) is 38.5 Å². The van der Waals surface area contributed by atoms with Crippen LogP contribution in [0, 0.1) is 0 Å². The van der Waals surface area contributed by atoms with Gasteiger partial charge in [-0.2, -0.15) is 4.98 Å². The number of nitrogens with one attached hydrogen (secondary N) is 1. The van der Waals surface area contributed by atoms with E-state index in [9.17, 15) is 0 Å². The van der Waals surface area contributed by atoms with Crippen LogP contribution < -0.4 is 5.73 Å². The minimum absolute atomic E-state index is 0.391. The molecule has 1 saturated heterocycles. The number of rotatable bonds is 4. The molecule has 1 aromatic heterocycles. The van der Waals surface area contributed by atoms with Gasteiger partial charge in [0.2, 0.25) is 11.1 Å². The summed E-state index contributed by atoms with van der Waals surface area (Å²) in [6, 6.07) is 0. The second-order valence-electron chi connectivity index (χ2n) is 4.00. The molecule has 6 nitrogen and oxygen atoms in total. The average molecular weight is 242 g/mol. The van der Waals surface area contributed by atoms with E-state index in [2.05, 4.69) is 32.0 Å². The highest BCUT2D eigenvalue weighted by Crippen LogP contribution is 2.13. The summed E-state index contributed by atoms with van der Waals surface area (Å²) in [7, 11) is 2.17. The zero-order valence-corrected chi connectivity index (χ0v) is 10.3. The highest BCUT2D eigenvalue weighted by molar-refractivity contribution is 7.99. The Morgan fingerprint density at radius 3 is 2.75 bits per heavy atom. The molecule has 3 N–H and O–H groups in total. The summed E-state index contributed by atoms with van der Waals surface area (Å²) in [5.41, 5.74) is 5.45. The number of hydrogen-bond donors (Lipinski definition) is 2. The van der Waals surface area contributed by atoms with Gasteiger partial charge in [-0.1, -0.05) is 11.8 Å². The predicted octanol–water partition coefficient (Wildman–Crippen LogP) is -0.274. The summed E-state index contributed by atoms with van der Waals surface area (Å²) in [5.74, 6) is 1.41. The van der Waals surface area contributed by atoms with Crippen LogP contribution in [0.5, 0.6) is 0 Å². The molecule has 2 heterocycles. The van der Waals surface area contributed by atoms with Gasteiger partial charge in [0.1, 0.15) is 0 Å². The van der Waals surface area contributed by atoms with Crippen molar-refractivity contribution >= 4 is 17.7 Å². The maximum atomic E-state index is 5.45. The molecule has 0 saturated carbocycles. The van der Waals surface area contributed by atoms with Crippen molar-refractivity contribution in [3.05, 3.63) is 0 Å². The van der Waals surface area contributed by atoms with Crippen LogP contribution in [-0.2, 0) is 0 Å². The zero-order valence-electron chi connectivity index (χ0n) is 9.52. The molecule has 0 aliphatic carbocycles. The second-order valence-corrected chi connectivity index (χ2v) is 5.06. The van der Waals surface area contributed by atoms with Gasteiger partial charge in [-0.15, -0.1) is 5.10 Å². The molecule has 0 atom stereocenters. The van der Waals surface area contributed by atoms with E-state index >= 15 is 0 Å². The van der Waals surface area contributed by atoms with Crippen molar-refractivity contribution in [2.45, 2.75) is 5.16 Å². The summed E-state index contributed by atoms with van der Waals surface area (Å²) in [4.78, 5) is 8.89. The third-order valence-electron chi connectivity index (χ3n) is 2.72. The molecule has 1 aliphatic heterocycles. The molecule has 90 valence electrons. The van der Waals surface area contributed by atoms with Crippen LogP contribution in [0.4, 0.5) is 5.95 Å². The van der Waals surface area contributed by atoms with E-state index in [-0.39, 0.29) is 0 Å². The number of nitrogens with zero attached hydrogens (tertiary/aromatic N) is 4. The van der Waals surface area contributed by atoms with Gasteiger partial charge < -0.3 is 10.6 Å². The maximum Gasteiger partial charge on any atom is 0.216 e. The normalized spacial score (nSPS) is 19.1. The Kier molecular flexibility index (Phi) is 4.03. The van der Waals surface area contributed by atoms with E-state index in [0.717, 1.165) is 43.6 Å². The van der Waals surface area contributed by atoms with Crippen LogP contribution in [0.25, 0.3) is 0 Å². The minimum Gasteiger partial charge on any atom is -0.368 e. The molecule has 1 aromatic rings. The lowest BCUT2D eigenvalue weighted by Crippen LogP contribution is -2.45. The fraction of sp³-hybridized carbons (Fsp3) is 0.778. The lowest BCUT2D eigenvalue weighted by Gasteiger charge is -2.32. The summed E-state index contributed by atoms with van der Waals surface area (Å²) in [6.45, 7) is 5.74. The van der Waals surface area contributed by atoms with E-state index in [1.54, 1.807) is 11.8 Å². The SMILES string of the molecule is CN1CCN(CCSc2n[nH]c(N)n2)CC1. The van der Waals surface area contributed by atoms with Gasteiger partial charge in [-0.3, -0.25) is 4.90 Å². The number of hydrogen-bond acceptors (Lipinski definition) is 6. The Hall–Kier alpha value is -0.790. The first-order chi connectivity index (χ1) is 7.74. The summed E-state index contributed by atoms with van der Waals surface area (Å²) < 4.78 is 0. The van der Waals surface area contributed by atoms with E-state index < -0.39 is 0 Å². The first-order valence-electron chi connectivity index (χ1n) is 5.45. The molecule has 1 fully saturated rings. The van der Waals surface area contributed by atoms with Crippen LogP contribution in [0.15, 0.2) is 5.16 Å². The van der Waals surface area contributed by atoms with Crippen molar-refractivity contribution in [1.29, 1.82) is 0 Å². The number of aromatic nitrogens is 3. The number of nitrogens with two attached hydrogens (primary N) is 1. The number of likely N-dealkylation sites (N-methyl/N-ethyl adjacent to an activating group) is 1. The van der Waals surface area contributed by atoms with E-state index in [0.29, 0.717) is 5.95 Å². The molecule has 0 spiro atoms. The van der Waals surface area contributed by atoms with Crippen molar-refractivity contribution in [2.75, 3.05) is 51.3 Å². The highest BCUT2D eigenvalue weighted by Gasteiger charge is 2.13. The summed E-state index contributed by atoms with van der Waals surface area (Å²) >= 11 is 1.65. The van der Waals surface area contributed by atoms with Crippen molar-refractivity contribution < 1.29 is 0 Å². The van der Waals surface area contributed by atoms with E-state index in [1.807, 2.05) is 0 Å². The fourth-order valence-electron chi connectivity index (χ4n) is 1.66. The molecule has 0 unspecified atom stereocenters. The van der Waals surface area contributed by atoms with Crippen molar-refractivity contribution in [3.63, 3.8) is 0 Å². The fourth-order valence-corrected chi connectivity index (χ4v) is 2.47. The second kappa shape index (κ2) is 5.51. The van der Waals surface area contributed by atoms with Crippen molar-refractivity contribution in [3.8, 4) is 0 Å². The first-order valence-corrected chi connectivity index (χ1v) is 6.44. The molecule has 16 heavy (non-hydrogen) atoms. The van der Waals surface area contributed by atoms with Gasteiger partial charge >= 0.3 is 0 Å². The largest absolute Gasteiger partial charge is 0.368 e. The molecular weight excluding hydrogens is 224 g/mol. The van der Waals surface area contributed by atoms with Crippen LogP contribution in [0.3, 0.4) is 0 Å². The molecule has 2 rings (SSSR count). The van der Waals surface area contributed by atoms with Crippen LogP contribution in [-0.4, -0.2) is 70.5 Å². The number of H-pyrrole nitrogens is 1. The molecule has 0 aromatic carbocycles. The monoisotopic (exact) mass is 242 g/mol. The molecule has 0 amide bonds. The van der Waals surface area contributed by atoms with Gasteiger partial charge in [-0.25, -0.2) is 5.10 Å². The molecule has 0 radical (unpaired) electrons. The lowest BCUT2D eigenvalue weighted by atomic mass is 10.3. The average Bonchev–Trinajstić information content (AvgIpc) is 2.67. The first kappa shape index (κ1) is 11.7. The predicted molar refractivity (Wildman–Crippen MR) is 65.5 cm³/mol. The number of anilines is 1. The topological polar surface area (TPSA) is 74.1 Å². The van der Waals surface area contributed by atoms with Crippen LogP contribution in [0.1, 0.15) is 0 Å². The minimum atomic E-state index is 0.391. The van der Waals surface area contributed by atoms with E-state index in [4.69, 9.17) is 5.73 Å². The van der Waals surface area contributed by atoms with Crippen molar-refractivity contribution in [2.24, 2.45) is 0 Å².